The maximum absolute atomic E-state index is 12.5. The van der Waals surface area contributed by atoms with E-state index in [1.54, 1.807) is 6.20 Å². The minimum Gasteiger partial charge on any atom is -0.372 e. The van der Waals surface area contributed by atoms with Gasteiger partial charge in [-0.2, -0.15) is 0 Å². The number of amides is 1. The van der Waals surface area contributed by atoms with Crippen molar-refractivity contribution in [1.29, 1.82) is 0 Å². The summed E-state index contributed by atoms with van der Waals surface area (Å²) in [4.78, 5) is 23.3. The number of hydrogen-bond acceptors (Lipinski definition) is 5. The maximum atomic E-state index is 12.5. The first-order valence-electron chi connectivity index (χ1n) is 9.97. The zero-order valence-corrected chi connectivity index (χ0v) is 17.1. The predicted molar refractivity (Wildman–Crippen MR) is 119 cm³/mol. The van der Waals surface area contributed by atoms with Crippen LogP contribution in [0.5, 0.6) is 0 Å². The van der Waals surface area contributed by atoms with Crippen LogP contribution in [0.25, 0.3) is 0 Å². The van der Waals surface area contributed by atoms with Crippen LogP contribution in [0.3, 0.4) is 0 Å². The fraction of sp³-hybridized carbons (Fsp3) is 0.261. The Balaban J connectivity index is 1.64. The SMILES string of the molecule is CCc1ccccc1Nc1cnc(C(=O)Nc2ccc(N(CC)CC)cc2)cn1. The highest BCUT2D eigenvalue weighted by Gasteiger charge is 2.10. The first-order valence-corrected chi connectivity index (χ1v) is 9.97. The highest BCUT2D eigenvalue weighted by atomic mass is 16.1. The number of aromatic nitrogens is 2. The topological polar surface area (TPSA) is 70.2 Å². The van der Waals surface area contributed by atoms with Gasteiger partial charge in [-0.05, 0) is 56.2 Å². The van der Waals surface area contributed by atoms with Gasteiger partial charge >= 0.3 is 0 Å². The van der Waals surface area contributed by atoms with E-state index in [2.05, 4.69) is 52.3 Å². The van der Waals surface area contributed by atoms with Crippen molar-refractivity contribution in [2.75, 3.05) is 28.6 Å². The van der Waals surface area contributed by atoms with Gasteiger partial charge in [0.1, 0.15) is 11.5 Å². The zero-order chi connectivity index (χ0) is 20.6. The summed E-state index contributed by atoms with van der Waals surface area (Å²) >= 11 is 0. The first-order chi connectivity index (χ1) is 14.1. The molecule has 3 rings (SSSR count). The van der Waals surface area contributed by atoms with Gasteiger partial charge in [0.05, 0.1) is 12.4 Å². The van der Waals surface area contributed by atoms with Crippen LogP contribution in [-0.4, -0.2) is 29.0 Å². The Morgan fingerprint density at radius 1 is 0.931 bits per heavy atom. The van der Waals surface area contributed by atoms with E-state index >= 15 is 0 Å². The number of benzene rings is 2. The van der Waals surface area contributed by atoms with Gasteiger partial charge in [0.15, 0.2) is 0 Å². The number of rotatable bonds is 8. The van der Waals surface area contributed by atoms with Gasteiger partial charge < -0.3 is 15.5 Å². The Labute approximate surface area is 172 Å². The van der Waals surface area contributed by atoms with Crippen LogP contribution in [0, 0.1) is 0 Å². The second kappa shape index (κ2) is 9.68. The molecule has 0 spiro atoms. The van der Waals surface area contributed by atoms with Gasteiger partial charge in [0, 0.05) is 30.2 Å². The molecule has 2 N–H and O–H groups in total. The average Bonchev–Trinajstić information content (AvgIpc) is 2.76. The molecule has 0 fully saturated rings. The molecule has 1 heterocycles. The van der Waals surface area contributed by atoms with E-state index in [1.165, 1.54) is 11.8 Å². The van der Waals surface area contributed by atoms with E-state index in [9.17, 15) is 4.79 Å². The van der Waals surface area contributed by atoms with E-state index in [1.807, 2.05) is 42.5 Å². The van der Waals surface area contributed by atoms with Crippen LogP contribution >= 0.6 is 0 Å². The summed E-state index contributed by atoms with van der Waals surface area (Å²) in [6.45, 7) is 8.24. The van der Waals surface area contributed by atoms with E-state index in [4.69, 9.17) is 0 Å². The van der Waals surface area contributed by atoms with Crippen LogP contribution < -0.4 is 15.5 Å². The molecule has 6 nitrogen and oxygen atoms in total. The van der Waals surface area contributed by atoms with Gasteiger partial charge in [-0.1, -0.05) is 25.1 Å². The van der Waals surface area contributed by atoms with Gasteiger partial charge in [0.25, 0.3) is 5.91 Å². The van der Waals surface area contributed by atoms with Crippen molar-refractivity contribution in [3.8, 4) is 0 Å². The molecule has 0 bridgehead atoms. The lowest BCUT2D eigenvalue weighted by Gasteiger charge is -2.21. The molecule has 0 aliphatic carbocycles. The van der Waals surface area contributed by atoms with Crippen LogP contribution in [-0.2, 0) is 6.42 Å². The van der Waals surface area contributed by atoms with Crippen molar-refractivity contribution in [1.82, 2.24) is 9.97 Å². The number of para-hydroxylation sites is 1. The van der Waals surface area contributed by atoms with Gasteiger partial charge in [-0.3, -0.25) is 4.79 Å². The summed E-state index contributed by atoms with van der Waals surface area (Å²) in [5.41, 5.74) is 4.33. The maximum Gasteiger partial charge on any atom is 0.275 e. The average molecular weight is 390 g/mol. The molecule has 0 aliphatic rings. The first kappa shape index (κ1) is 20.3. The molecular formula is C23H27N5O. The second-order valence-electron chi connectivity index (χ2n) is 6.60. The molecule has 6 heteroatoms. The lowest BCUT2D eigenvalue weighted by molar-refractivity contribution is 0.102. The lowest BCUT2D eigenvalue weighted by Crippen LogP contribution is -2.21. The smallest absolute Gasteiger partial charge is 0.275 e. The molecule has 0 saturated heterocycles. The highest BCUT2D eigenvalue weighted by Crippen LogP contribution is 2.20. The van der Waals surface area contributed by atoms with Gasteiger partial charge in [0.2, 0.25) is 0 Å². The number of carbonyl (C=O) groups excluding carboxylic acids is 1. The fourth-order valence-corrected chi connectivity index (χ4v) is 3.14. The summed E-state index contributed by atoms with van der Waals surface area (Å²) in [6.07, 6.45) is 3.98. The van der Waals surface area contributed by atoms with E-state index in [0.717, 1.165) is 36.6 Å². The highest BCUT2D eigenvalue weighted by molar-refractivity contribution is 6.02. The van der Waals surface area contributed by atoms with Crippen molar-refractivity contribution in [2.24, 2.45) is 0 Å². The summed E-state index contributed by atoms with van der Waals surface area (Å²) in [6, 6.07) is 15.9. The molecule has 0 radical (unpaired) electrons. The third kappa shape index (κ3) is 5.10. The largest absolute Gasteiger partial charge is 0.372 e. The Morgan fingerprint density at radius 2 is 1.66 bits per heavy atom. The Kier molecular flexibility index (Phi) is 6.79. The van der Waals surface area contributed by atoms with Crippen LogP contribution in [0.15, 0.2) is 60.9 Å². The summed E-state index contributed by atoms with van der Waals surface area (Å²) < 4.78 is 0. The second-order valence-corrected chi connectivity index (χ2v) is 6.60. The van der Waals surface area contributed by atoms with E-state index < -0.39 is 0 Å². The van der Waals surface area contributed by atoms with Crippen molar-refractivity contribution in [2.45, 2.75) is 27.2 Å². The van der Waals surface area contributed by atoms with Crippen LogP contribution in [0.2, 0.25) is 0 Å². The molecule has 3 aromatic rings. The van der Waals surface area contributed by atoms with Gasteiger partial charge in [-0.15, -0.1) is 0 Å². The molecule has 0 saturated carbocycles. The normalized spacial score (nSPS) is 10.4. The number of nitrogens with one attached hydrogen (secondary N) is 2. The molecule has 1 amide bonds. The third-order valence-electron chi connectivity index (χ3n) is 4.80. The zero-order valence-electron chi connectivity index (χ0n) is 17.1. The summed E-state index contributed by atoms with van der Waals surface area (Å²) in [7, 11) is 0. The number of anilines is 4. The Hall–Kier alpha value is -3.41. The molecule has 0 atom stereocenters. The number of hydrogen-bond donors (Lipinski definition) is 2. The number of nitrogens with zero attached hydrogens (tertiary/aromatic N) is 3. The minimum atomic E-state index is -0.284. The molecule has 2 aromatic carbocycles. The van der Waals surface area contributed by atoms with Crippen molar-refractivity contribution in [3.63, 3.8) is 0 Å². The molecule has 0 unspecified atom stereocenters. The van der Waals surface area contributed by atoms with Crippen molar-refractivity contribution < 1.29 is 4.79 Å². The summed E-state index contributed by atoms with van der Waals surface area (Å²) in [5.74, 6) is 0.319. The van der Waals surface area contributed by atoms with Crippen LogP contribution in [0.4, 0.5) is 22.9 Å². The number of carbonyl (C=O) groups is 1. The van der Waals surface area contributed by atoms with E-state index in [-0.39, 0.29) is 11.6 Å². The fourth-order valence-electron chi connectivity index (χ4n) is 3.14. The lowest BCUT2D eigenvalue weighted by atomic mass is 10.1. The van der Waals surface area contributed by atoms with Crippen molar-refractivity contribution in [3.05, 3.63) is 72.2 Å². The molecule has 29 heavy (non-hydrogen) atoms. The monoisotopic (exact) mass is 389 g/mol. The molecular weight excluding hydrogens is 362 g/mol. The van der Waals surface area contributed by atoms with E-state index in [0.29, 0.717) is 5.82 Å². The number of aryl methyl sites for hydroxylation is 1. The van der Waals surface area contributed by atoms with Crippen molar-refractivity contribution >= 4 is 28.8 Å². The van der Waals surface area contributed by atoms with Crippen LogP contribution in [0.1, 0.15) is 36.8 Å². The Bertz CT molecular complexity index is 934. The molecule has 1 aromatic heterocycles. The minimum absolute atomic E-state index is 0.271. The standard InChI is InChI=1S/C23H27N5O/c1-4-17-9-7-8-10-20(17)27-22-16-24-21(15-25-22)23(29)26-18-11-13-19(14-12-18)28(5-2)6-3/h7-16H,4-6H2,1-3H3,(H,25,27)(H,26,29). The quantitative estimate of drug-likeness (QED) is 0.574. The van der Waals surface area contributed by atoms with Gasteiger partial charge in [-0.25, -0.2) is 9.97 Å². The molecule has 150 valence electrons. The summed E-state index contributed by atoms with van der Waals surface area (Å²) in [5, 5.41) is 6.12. The predicted octanol–water partition coefficient (Wildman–Crippen LogP) is 4.88. The molecule has 0 aliphatic heterocycles. The third-order valence-corrected chi connectivity index (χ3v) is 4.80. The Morgan fingerprint density at radius 3 is 2.28 bits per heavy atom.